The number of ether oxygens (including phenoxy) is 1. The van der Waals surface area contributed by atoms with Crippen molar-refractivity contribution in [2.24, 2.45) is 0 Å². The Morgan fingerprint density at radius 3 is 2.86 bits per heavy atom. The van der Waals surface area contributed by atoms with Crippen LogP contribution in [0, 0.1) is 6.92 Å². The van der Waals surface area contributed by atoms with Crippen molar-refractivity contribution in [3.05, 3.63) is 35.4 Å². The fourth-order valence-electron chi connectivity index (χ4n) is 3.21. The number of hydrogen-bond acceptors (Lipinski definition) is 3. The molecule has 1 saturated heterocycles. The van der Waals surface area contributed by atoms with Gasteiger partial charge in [0.05, 0.1) is 0 Å². The van der Waals surface area contributed by atoms with Crippen molar-refractivity contribution < 1.29 is 9.53 Å². The zero-order chi connectivity index (χ0) is 15.0. The molecule has 1 aliphatic carbocycles. The van der Waals surface area contributed by atoms with Gasteiger partial charge in [-0.05, 0) is 38.7 Å². The van der Waals surface area contributed by atoms with Gasteiger partial charge in [-0.15, -0.1) is 0 Å². The molecule has 114 valence electrons. The molecule has 4 heteroatoms. The van der Waals surface area contributed by atoms with E-state index in [-0.39, 0.29) is 23.7 Å². The quantitative estimate of drug-likeness (QED) is 0.904. The Morgan fingerprint density at radius 2 is 2.24 bits per heavy atom. The van der Waals surface area contributed by atoms with Crippen molar-refractivity contribution in [2.45, 2.75) is 50.9 Å². The Bertz CT molecular complexity index is 539. The van der Waals surface area contributed by atoms with Crippen molar-refractivity contribution >= 4 is 5.91 Å². The summed E-state index contributed by atoms with van der Waals surface area (Å²) in [6, 6.07) is 8.60. The first-order valence-corrected chi connectivity index (χ1v) is 7.73. The van der Waals surface area contributed by atoms with E-state index in [4.69, 9.17) is 4.74 Å². The highest BCUT2D eigenvalue weighted by Crippen LogP contribution is 2.46. The molecule has 0 bridgehead atoms. The SMILES string of the molecule is COCCC(C)N1C(=O)C2(CC2)NC1c1cccc(C)c1. The van der Waals surface area contributed by atoms with Gasteiger partial charge in [-0.25, -0.2) is 0 Å². The molecule has 1 heterocycles. The van der Waals surface area contributed by atoms with E-state index in [9.17, 15) is 4.79 Å². The van der Waals surface area contributed by atoms with Gasteiger partial charge in [0.2, 0.25) is 5.91 Å². The number of methoxy groups -OCH3 is 1. The van der Waals surface area contributed by atoms with Gasteiger partial charge in [-0.3, -0.25) is 10.1 Å². The molecule has 1 amide bonds. The van der Waals surface area contributed by atoms with Gasteiger partial charge in [-0.1, -0.05) is 29.8 Å². The zero-order valence-electron chi connectivity index (χ0n) is 13.1. The lowest BCUT2D eigenvalue weighted by Gasteiger charge is -2.30. The van der Waals surface area contributed by atoms with Crippen LogP contribution in [0.5, 0.6) is 0 Å². The molecule has 1 aromatic carbocycles. The van der Waals surface area contributed by atoms with Crippen LogP contribution < -0.4 is 5.32 Å². The van der Waals surface area contributed by atoms with E-state index in [1.807, 2.05) is 4.90 Å². The molecule has 2 fully saturated rings. The summed E-state index contributed by atoms with van der Waals surface area (Å²) in [6.07, 6.45) is 2.78. The molecule has 1 aliphatic heterocycles. The van der Waals surface area contributed by atoms with E-state index in [2.05, 4.69) is 43.4 Å². The molecule has 1 N–H and O–H groups in total. The maximum atomic E-state index is 12.8. The number of benzene rings is 1. The molecule has 2 atom stereocenters. The monoisotopic (exact) mass is 288 g/mol. The molecule has 0 aromatic heterocycles. The maximum absolute atomic E-state index is 12.8. The fraction of sp³-hybridized carbons (Fsp3) is 0.588. The standard InChI is InChI=1S/C17H24N2O2/c1-12-5-4-6-14(11-12)15-18-17(8-9-17)16(20)19(15)13(2)7-10-21-3/h4-6,11,13,15,18H,7-10H2,1-3H3. The lowest BCUT2D eigenvalue weighted by molar-refractivity contribution is -0.133. The molecule has 3 rings (SSSR count). The minimum absolute atomic E-state index is 0.00763. The summed E-state index contributed by atoms with van der Waals surface area (Å²) in [5, 5.41) is 3.58. The van der Waals surface area contributed by atoms with Crippen LogP contribution in [0.15, 0.2) is 24.3 Å². The second-order valence-electron chi connectivity index (χ2n) is 6.39. The summed E-state index contributed by atoms with van der Waals surface area (Å²) < 4.78 is 5.18. The normalized spacial score (nSPS) is 24.6. The van der Waals surface area contributed by atoms with Crippen LogP contribution in [0.2, 0.25) is 0 Å². The first-order chi connectivity index (χ1) is 10.1. The smallest absolute Gasteiger partial charge is 0.244 e. The number of carbonyl (C=O) groups excluding carboxylic acids is 1. The molecule has 1 spiro atoms. The zero-order valence-corrected chi connectivity index (χ0v) is 13.1. The van der Waals surface area contributed by atoms with E-state index >= 15 is 0 Å². The van der Waals surface area contributed by atoms with Gasteiger partial charge in [0.15, 0.2) is 0 Å². The summed E-state index contributed by atoms with van der Waals surface area (Å²) >= 11 is 0. The largest absolute Gasteiger partial charge is 0.385 e. The summed E-state index contributed by atoms with van der Waals surface area (Å²) in [6.45, 7) is 4.88. The van der Waals surface area contributed by atoms with E-state index < -0.39 is 0 Å². The Kier molecular flexibility index (Phi) is 3.76. The molecule has 4 nitrogen and oxygen atoms in total. The third kappa shape index (κ3) is 2.58. The Labute approximate surface area is 126 Å². The predicted molar refractivity (Wildman–Crippen MR) is 81.8 cm³/mol. The molecule has 1 saturated carbocycles. The van der Waals surface area contributed by atoms with Gasteiger partial charge in [0.25, 0.3) is 0 Å². The van der Waals surface area contributed by atoms with E-state index in [0.717, 1.165) is 19.3 Å². The van der Waals surface area contributed by atoms with Crippen LogP contribution in [-0.2, 0) is 9.53 Å². The third-order valence-corrected chi connectivity index (χ3v) is 4.66. The van der Waals surface area contributed by atoms with E-state index in [1.165, 1.54) is 11.1 Å². The first kappa shape index (κ1) is 14.5. The summed E-state index contributed by atoms with van der Waals surface area (Å²) in [5.41, 5.74) is 2.12. The van der Waals surface area contributed by atoms with Crippen molar-refractivity contribution in [3.63, 3.8) is 0 Å². The second kappa shape index (κ2) is 5.43. The summed E-state index contributed by atoms with van der Waals surface area (Å²) in [4.78, 5) is 14.8. The Balaban J connectivity index is 1.88. The third-order valence-electron chi connectivity index (χ3n) is 4.66. The van der Waals surface area contributed by atoms with Crippen molar-refractivity contribution in [1.82, 2.24) is 10.2 Å². The van der Waals surface area contributed by atoms with Crippen LogP contribution >= 0.6 is 0 Å². The summed E-state index contributed by atoms with van der Waals surface area (Å²) in [5.74, 6) is 0.262. The average Bonchev–Trinajstić information content (AvgIpc) is 3.18. The number of amides is 1. The summed E-state index contributed by atoms with van der Waals surface area (Å²) in [7, 11) is 1.71. The number of nitrogens with zero attached hydrogens (tertiary/aromatic N) is 1. The predicted octanol–water partition coefficient (Wildman–Crippen LogP) is 2.38. The molecule has 21 heavy (non-hydrogen) atoms. The van der Waals surface area contributed by atoms with Crippen molar-refractivity contribution in [2.75, 3.05) is 13.7 Å². The molecular weight excluding hydrogens is 264 g/mol. The van der Waals surface area contributed by atoms with Crippen LogP contribution in [-0.4, -0.2) is 36.1 Å². The van der Waals surface area contributed by atoms with Crippen LogP contribution in [0.4, 0.5) is 0 Å². The lowest BCUT2D eigenvalue weighted by atomic mass is 10.1. The maximum Gasteiger partial charge on any atom is 0.244 e. The highest BCUT2D eigenvalue weighted by atomic mass is 16.5. The van der Waals surface area contributed by atoms with Gasteiger partial charge in [0, 0.05) is 19.8 Å². The van der Waals surface area contributed by atoms with E-state index in [1.54, 1.807) is 7.11 Å². The minimum atomic E-state index is -0.282. The van der Waals surface area contributed by atoms with Gasteiger partial charge in [0.1, 0.15) is 11.7 Å². The number of hydrogen-bond donors (Lipinski definition) is 1. The minimum Gasteiger partial charge on any atom is -0.385 e. The van der Waals surface area contributed by atoms with Crippen molar-refractivity contribution in [3.8, 4) is 0 Å². The highest BCUT2D eigenvalue weighted by Gasteiger charge is 2.60. The molecule has 0 radical (unpaired) electrons. The Morgan fingerprint density at radius 1 is 1.48 bits per heavy atom. The molecule has 2 unspecified atom stereocenters. The highest BCUT2D eigenvalue weighted by molar-refractivity contribution is 5.92. The Hall–Kier alpha value is -1.39. The van der Waals surface area contributed by atoms with Crippen LogP contribution in [0.3, 0.4) is 0 Å². The number of aryl methyl sites for hydroxylation is 1. The van der Waals surface area contributed by atoms with Gasteiger partial charge in [-0.2, -0.15) is 0 Å². The molecule has 1 aromatic rings. The van der Waals surface area contributed by atoms with Crippen LogP contribution in [0.25, 0.3) is 0 Å². The molecule has 2 aliphatic rings. The van der Waals surface area contributed by atoms with Crippen molar-refractivity contribution in [1.29, 1.82) is 0 Å². The van der Waals surface area contributed by atoms with E-state index in [0.29, 0.717) is 6.61 Å². The first-order valence-electron chi connectivity index (χ1n) is 7.73. The number of carbonyl (C=O) groups is 1. The topological polar surface area (TPSA) is 41.6 Å². The van der Waals surface area contributed by atoms with Crippen LogP contribution in [0.1, 0.15) is 43.5 Å². The van der Waals surface area contributed by atoms with Gasteiger partial charge >= 0.3 is 0 Å². The fourth-order valence-corrected chi connectivity index (χ4v) is 3.21. The lowest BCUT2D eigenvalue weighted by Crippen LogP contribution is -2.39. The van der Waals surface area contributed by atoms with Gasteiger partial charge < -0.3 is 9.64 Å². The second-order valence-corrected chi connectivity index (χ2v) is 6.39. The average molecular weight is 288 g/mol. The molecular formula is C17H24N2O2. The number of rotatable bonds is 5. The number of nitrogens with one attached hydrogen (secondary N) is 1.